The third kappa shape index (κ3) is 4.75. The third-order valence-corrected chi connectivity index (χ3v) is 2.24. The molecule has 0 radical (unpaired) electrons. The molecule has 0 unspecified atom stereocenters. The van der Waals surface area contributed by atoms with E-state index in [1.807, 2.05) is 0 Å². The van der Waals surface area contributed by atoms with E-state index in [-0.39, 0.29) is 18.9 Å². The Morgan fingerprint density at radius 2 is 1.89 bits per heavy atom. The molecule has 3 nitrogen and oxygen atoms in total. The number of benzene rings is 1. The number of hydrogen-bond acceptors (Lipinski definition) is 2. The number of hydrogen-bond donors (Lipinski definition) is 2. The minimum absolute atomic E-state index is 0.00907. The highest BCUT2D eigenvalue weighted by atomic mass is 19.4. The van der Waals surface area contributed by atoms with Crippen LogP contribution in [-0.4, -0.2) is 23.7 Å². The normalized spacial score (nSPS) is 13.2. The number of aliphatic hydroxyl groups excluding tert-OH is 1. The van der Waals surface area contributed by atoms with Gasteiger partial charge in [-0.1, -0.05) is 12.1 Å². The zero-order valence-electron chi connectivity index (χ0n) is 9.79. The molecule has 1 rings (SSSR count). The quantitative estimate of drug-likeness (QED) is 0.867. The van der Waals surface area contributed by atoms with E-state index in [4.69, 9.17) is 5.11 Å². The van der Waals surface area contributed by atoms with Crippen molar-refractivity contribution in [3.8, 4) is 0 Å². The Balaban J connectivity index is 2.56. The molecule has 0 bridgehead atoms. The lowest BCUT2D eigenvalue weighted by atomic mass is 10.1. The summed E-state index contributed by atoms with van der Waals surface area (Å²) in [6.45, 7) is 1.65. The highest BCUT2D eigenvalue weighted by Crippen LogP contribution is 2.29. The fraction of sp³-hybridized carbons (Fsp3) is 0.417. The van der Waals surface area contributed by atoms with Crippen LogP contribution in [0, 0.1) is 0 Å². The molecule has 0 saturated carbocycles. The van der Waals surface area contributed by atoms with Gasteiger partial charge in [-0.3, -0.25) is 4.79 Å². The number of rotatable bonds is 4. The number of carbonyl (C=O) groups is 1. The Bertz CT molecular complexity index is 399. The summed E-state index contributed by atoms with van der Waals surface area (Å²) in [5, 5.41) is 11.4. The van der Waals surface area contributed by atoms with Crippen molar-refractivity contribution in [2.45, 2.75) is 25.6 Å². The Morgan fingerprint density at radius 3 is 2.33 bits per heavy atom. The van der Waals surface area contributed by atoms with Crippen molar-refractivity contribution in [2.75, 3.05) is 6.54 Å². The van der Waals surface area contributed by atoms with Crippen LogP contribution in [0.25, 0.3) is 0 Å². The largest absolute Gasteiger partial charge is 0.416 e. The summed E-state index contributed by atoms with van der Waals surface area (Å²) in [5.74, 6) is -0.337. The number of carbonyl (C=O) groups excluding carboxylic acids is 1. The lowest BCUT2D eigenvalue weighted by Crippen LogP contribution is -2.31. The van der Waals surface area contributed by atoms with Crippen LogP contribution in [0.2, 0.25) is 0 Å². The number of amides is 1. The van der Waals surface area contributed by atoms with Gasteiger partial charge >= 0.3 is 6.18 Å². The van der Waals surface area contributed by atoms with Gasteiger partial charge in [0.25, 0.3) is 0 Å². The van der Waals surface area contributed by atoms with Crippen molar-refractivity contribution >= 4 is 5.91 Å². The molecule has 0 aromatic heterocycles. The van der Waals surface area contributed by atoms with E-state index in [1.54, 1.807) is 0 Å². The summed E-state index contributed by atoms with van der Waals surface area (Å²) >= 11 is 0. The minimum atomic E-state index is -4.37. The van der Waals surface area contributed by atoms with Crippen LogP contribution in [0.1, 0.15) is 18.1 Å². The zero-order chi connectivity index (χ0) is 13.8. The van der Waals surface area contributed by atoms with Crippen molar-refractivity contribution in [1.82, 2.24) is 5.32 Å². The van der Waals surface area contributed by atoms with Crippen molar-refractivity contribution in [2.24, 2.45) is 0 Å². The van der Waals surface area contributed by atoms with Crippen LogP contribution < -0.4 is 5.32 Å². The number of alkyl halides is 3. The molecule has 1 aromatic carbocycles. The van der Waals surface area contributed by atoms with Gasteiger partial charge in [-0.25, -0.2) is 0 Å². The van der Waals surface area contributed by atoms with Crippen LogP contribution in [0.5, 0.6) is 0 Å². The summed E-state index contributed by atoms with van der Waals surface area (Å²) in [5.41, 5.74) is -0.248. The molecule has 0 aliphatic rings. The fourth-order valence-electron chi connectivity index (χ4n) is 1.32. The first-order chi connectivity index (χ1) is 8.29. The van der Waals surface area contributed by atoms with Gasteiger partial charge in [-0.2, -0.15) is 13.2 Å². The standard InChI is InChI=1S/C12H14F3NO2/c1-8(17)7-16-11(18)6-9-2-4-10(5-3-9)12(13,14)15/h2-5,8,17H,6-7H2,1H3,(H,16,18)/t8-/m1/s1. The van der Waals surface area contributed by atoms with Gasteiger partial charge in [-0.05, 0) is 24.6 Å². The Kier molecular flexibility index (Phi) is 4.72. The molecule has 6 heteroatoms. The van der Waals surface area contributed by atoms with Crippen LogP contribution in [0.3, 0.4) is 0 Å². The molecule has 0 aliphatic heterocycles. The molecule has 0 spiro atoms. The summed E-state index contributed by atoms with van der Waals surface area (Å²) < 4.78 is 36.9. The van der Waals surface area contributed by atoms with E-state index < -0.39 is 17.8 Å². The van der Waals surface area contributed by atoms with Gasteiger partial charge in [0.05, 0.1) is 18.1 Å². The molecular formula is C12H14F3NO2. The molecule has 0 aliphatic carbocycles. The predicted molar refractivity (Wildman–Crippen MR) is 59.8 cm³/mol. The van der Waals surface area contributed by atoms with Crippen molar-refractivity contribution in [3.05, 3.63) is 35.4 Å². The van der Waals surface area contributed by atoms with Crippen molar-refractivity contribution in [3.63, 3.8) is 0 Å². The molecule has 0 heterocycles. The second-order valence-electron chi connectivity index (χ2n) is 4.02. The summed E-state index contributed by atoms with van der Waals surface area (Å²) in [6, 6.07) is 4.42. The number of aliphatic hydroxyl groups is 1. The molecule has 1 atom stereocenters. The molecular weight excluding hydrogens is 247 g/mol. The van der Waals surface area contributed by atoms with Gasteiger partial charge in [0.1, 0.15) is 0 Å². The maximum Gasteiger partial charge on any atom is 0.416 e. The van der Waals surface area contributed by atoms with E-state index in [0.29, 0.717) is 5.56 Å². The van der Waals surface area contributed by atoms with Crippen LogP contribution in [0.15, 0.2) is 24.3 Å². The van der Waals surface area contributed by atoms with E-state index >= 15 is 0 Å². The maximum absolute atomic E-state index is 12.3. The summed E-state index contributed by atoms with van der Waals surface area (Å²) in [7, 11) is 0. The van der Waals surface area contributed by atoms with Gasteiger partial charge in [0, 0.05) is 6.54 Å². The first-order valence-electron chi connectivity index (χ1n) is 5.40. The fourth-order valence-corrected chi connectivity index (χ4v) is 1.32. The minimum Gasteiger partial charge on any atom is -0.392 e. The molecule has 1 aromatic rings. The average molecular weight is 261 g/mol. The molecule has 18 heavy (non-hydrogen) atoms. The SMILES string of the molecule is C[C@@H](O)CNC(=O)Cc1ccc(C(F)(F)F)cc1. The van der Waals surface area contributed by atoms with Crippen molar-refractivity contribution < 1.29 is 23.1 Å². The predicted octanol–water partition coefficient (Wildman–Crippen LogP) is 1.74. The number of halogens is 3. The van der Waals surface area contributed by atoms with Gasteiger partial charge in [-0.15, -0.1) is 0 Å². The van der Waals surface area contributed by atoms with Gasteiger partial charge in [0.15, 0.2) is 0 Å². The lowest BCUT2D eigenvalue weighted by molar-refractivity contribution is -0.137. The number of nitrogens with one attached hydrogen (secondary N) is 1. The third-order valence-electron chi connectivity index (χ3n) is 2.24. The van der Waals surface area contributed by atoms with Gasteiger partial charge < -0.3 is 10.4 Å². The topological polar surface area (TPSA) is 49.3 Å². The van der Waals surface area contributed by atoms with Crippen molar-refractivity contribution in [1.29, 1.82) is 0 Å². The highest BCUT2D eigenvalue weighted by molar-refractivity contribution is 5.78. The molecule has 2 N–H and O–H groups in total. The van der Waals surface area contributed by atoms with Gasteiger partial charge in [0.2, 0.25) is 5.91 Å². The monoisotopic (exact) mass is 261 g/mol. The molecule has 100 valence electrons. The Labute approximate surface area is 103 Å². The molecule has 0 fully saturated rings. The second kappa shape index (κ2) is 5.86. The molecule has 1 amide bonds. The first kappa shape index (κ1) is 14.5. The van der Waals surface area contributed by atoms with E-state index in [2.05, 4.69) is 5.32 Å². The summed E-state index contributed by atoms with van der Waals surface area (Å²) in [4.78, 5) is 11.4. The van der Waals surface area contributed by atoms with Crippen LogP contribution >= 0.6 is 0 Å². The Hall–Kier alpha value is -1.56. The second-order valence-corrected chi connectivity index (χ2v) is 4.02. The van der Waals surface area contributed by atoms with Crippen LogP contribution in [0.4, 0.5) is 13.2 Å². The summed E-state index contributed by atoms with van der Waals surface area (Å²) in [6.07, 6.45) is -5.03. The Morgan fingerprint density at radius 1 is 1.33 bits per heavy atom. The molecule has 0 saturated heterocycles. The smallest absolute Gasteiger partial charge is 0.392 e. The first-order valence-corrected chi connectivity index (χ1v) is 5.40. The van der Waals surface area contributed by atoms with E-state index in [0.717, 1.165) is 12.1 Å². The van der Waals surface area contributed by atoms with Crippen LogP contribution in [-0.2, 0) is 17.4 Å². The van der Waals surface area contributed by atoms with E-state index in [9.17, 15) is 18.0 Å². The van der Waals surface area contributed by atoms with E-state index in [1.165, 1.54) is 19.1 Å². The maximum atomic E-state index is 12.3. The average Bonchev–Trinajstić information content (AvgIpc) is 2.26. The zero-order valence-corrected chi connectivity index (χ0v) is 9.79. The lowest BCUT2D eigenvalue weighted by Gasteiger charge is -2.09. The highest BCUT2D eigenvalue weighted by Gasteiger charge is 2.29.